The van der Waals surface area contributed by atoms with Crippen molar-refractivity contribution in [3.63, 3.8) is 0 Å². The first-order valence-corrected chi connectivity index (χ1v) is 20.4. The number of thiophene rings is 2. The molecule has 13 heteroatoms. The SMILES string of the molecule is CC(C)O.CC1CCc2sc3ncnc(Cl)c3c2C1.CC1CCc2sc3ncnc(NC4CCC(N)CC4)c3c2C1.F.NC1CCC(N)CC1. The molecule has 4 aliphatic carbocycles. The highest BCUT2D eigenvalue weighted by molar-refractivity contribution is 7.19. The highest BCUT2D eigenvalue weighted by Crippen LogP contribution is 2.41. The first-order valence-electron chi connectivity index (χ1n) is 18.4. The minimum absolute atomic E-state index is 0. The molecule has 0 aliphatic heterocycles. The van der Waals surface area contributed by atoms with Gasteiger partial charge in [0.05, 0.1) is 10.8 Å². The van der Waals surface area contributed by atoms with E-state index in [4.69, 9.17) is 33.9 Å². The summed E-state index contributed by atoms with van der Waals surface area (Å²) in [5, 5.41) is 14.8. The molecule has 50 heavy (non-hydrogen) atoms. The van der Waals surface area contributed by atoms with Crippen molar-refractivity contribution in [2.75, 3.05) is 5.32 Å². The Labute approximate surface area is 310 Å². The lowest BCUT2D eigenvalue weighted by atomic mass is 9.88. The lowest BCUT2D eigenvalue weighted by Gasteiger charge is -2.27. The highest BCUT2D eigenvalue weighted by atomic mass is 35.5. The van der Waals surface area contributed by atoms with Crippen molar-refractivity contribution >= 4 is 60.5 Å². The van der Waals surface area contributed by atoms with E-state index in [1.54, 1.807) is 37.8 Å². The Morgan fingerprint density at radius 1 is 0.700 bits per heavy atom. The van der Waals surface area contributed by atoms with Crippen molar-refractivity contribution in [1.82, 2.24) is 19.9 Å². The molecule has 0 amide bonds. The molecule has 4 aromatic heterocycles. The quantitative estimate of drug-likeness (QED) is 0.129. The molecule has 9 nitrogen and oxygen atoms in total. The van der Waals surface area contributed by atoms with E-state index in [1.807, 2.05) is 11.3 Å². The zero-order valence-electron chi connectivity index (χ0n) is 30.2. The van der Waals surface area contributed by atoms with E-state index in [-0.39, 0.29) is 10.8 Å². The minimum Gasteiger partial charge on any atom is -0.394 e. The van der Waals surface area contributed by atoms with Gasteiger partial charge < -0.3 is 27.6 Å². The van der Waals surface area contributed by atoms with E-state index in [0.29, 0.717) is 29.3 Å². The lowest BCUT2D eigenvalue weighted by Crippen LogP contribution is -2.33. The molecule has 4 heterocycles. The smallest absolute Gasteiger partial charge is 0.141 e. The molecule has 0 aromatic carbocycles. The van der Waals surface area contributed by atoms with Crippen molar-refractivity contribution in [3.05, 3.63) is 38.7 Å². The van der Waals surface area contributed by atoms with E-state index >= 15 is 0 Å². The van der Waals surface area contributed by atoms with E-state index in [9.17, 15) is 0 Å². The largest absolute Gasteiger partial charge is 0.394 e. The van der Waals surface area contributed by atoms with Crippen molar-refractivity contribution in [2.45, 2.75) is 148 Å². The number of nitrogens with one attached hydrogen (secondary N) is 1. The lowest BCUT2D eigenvalue weighted by molar-refractivity contribution is 0.216. The fraction of sp³-hybridized carbons (Fsp3) is 0.676. The second-order valence-electron chi connectivity index (χ2n) is 15.0. The van der Waals surface area contributed by atoms with Gasteiger partial charge in [-0.2, -0.15) is 0 Å². The summed E-state index contributed by atoms with van der Waals surface area (Å²) in [4.78, 5) is 22.7. The van der Waals surface area contributed by atoms with Gasteiger partial charge in [-0.3, -0.25) is 4.70 Å². The maximum atomic E-state index is 8.06. The number of aryl methyl sites for hydroxylation is 2. The number of anilines is 1. The summed E-state index contributed by atoms with van der Waals surface area (Å²) in [6, 6.07) is 1.78. The van der Waals surface area contributed by atoms with Gasteiger partial charge in [0, 0.05) is 40.0 Å². The number of hydrogen-bond acceptors (Lipinski definition) is 11. The third-order valence-corrected chi connectivity index (χ3v) is 12.7. The van der Waals surface area contributed by atoms with Crippen molar-refractivity contribution in [1.29, 1.82) is 0 Å². The third-order valence-electron chi connectivity index (χ3n) is 10.1. The molecule has 0 bridgehead atoms. The number of hydrogen-bond donors (Lipinski definition) is 5. The predicted octanol–water partition coefficient (Wildman–Crippen LogP) is 7.72. The molecule has 278 valence electrons. The number of fused-ring (bicyclic) bond motifs is 6. The maximum absolute atomic E-state index is 8.06. The van der Waals surface area contributed by atoms with Gasteiger partial charge in [0.15, 0.2) is 0 Å². The van der Waals surface area contributed by atoms with Crippen LogP contribution in [0.25, 0.3) is 20.4 Å². The van der Waals surface area contributed by atoms with E-state index < -0.39 is 0 Å². The van der Waals surface area contributed by atoms with Crippen LogP contribution in [-0.2, 0) is 25.7 Å². The molecule has 8 rings (SSSR count). The maximum Gasteiger partial charge on any atom is 0.141 e. The Hall–Kier alpha value is -2.06. The molecular weight excluding hydrogens is 691 g/mol. The fourth-order valence-electron chi connectivity index (χ4n) is 7.24. The monoisotopic (exact) mass is 748 g/mol. The number of rotatable bonds is 2. The van der Waals surface area contributed by atoms with Gasteiger partial charge in [0.2, 0.25) is 0 Å². The normalized spacial score (nSPS) is 25.8. The van der Waals surface area contributed by atoms with Crippen LogP contribution in [0.2, 0.25) is 5.15 Å². The molecular formula is C37H58ClFN8OS2. The van der Waals surface area contributed by atoms with Crippen LogP contribution in [0.5, 0.6) is 0 Å². The Bertz CT molecular complexity index is 1620. The van der Waals surface area contributed by atoms with Crippen LogP contribution in [0.3, 0.4) is 0 Å². The molecule has 0 radical (unpaired) electrons. The second-order valence-corrected chi connectivity index (χ2v) is 17.5. The van der Waals surface area contributed by atoms with E-state index in [2.05, 4.69) is 39.1 Å². The Morgan fingerprint density at radius 3 is 1.62 bits per heavy atom. The number of aliphatic hydroxyl groups is 1. The van der Waals surface area contributed by atoms with Gasteiger partial charge in [-0.05, 0) is 127 Å². The van der Waals surface area contributed by atoms with Crippen molar-refractivity contribution in [2.24, 2.45) is 29.0 Å². The number of aromatic nitrogens is 4. The number of nitrogens with two attached hydrogens (primary N) is 3. The summed E-state index contributed by atoms with van der Waals surface area (Å²) in [6.45, 7) is 8.09. The summed E-state index contributed by atoms with van der Waals surface area (Å²) >= 11 is 9.79. The molecule has 2 fully saturated rings. The van der Waals surface area contributed by atoms with Crippen LogP contribution in [0.4, 0.5) is 10.5 Å². The summed E-state index contributed by atoms with van der Waals surface area (Å²) in [5.74, 6) is 2.58. The number of aliphatic hydroxyl groups excluding tert-OH is 1. The average molecular weight is 750 g/mol. The van der Waals surface area contributed by atoms with Crippen LogP contribution in [-0.4, -0.2) is 55.3 Å². The van der Waals surface area contributed by atoms with Gasteiger partial charge in [-0.25, -0.2) is 19.9 Å². The predicted molar refractivity (Wildman–Crippen MR) is 210 cm³/mol. The van der Waals surface area contributed by atoms with Gasteiger partial charge in [0.1, 0.15) is 33.3 Å². The van der Waals surface area contributed by atoms with Crippen molar-refractivity contribution in [3.8, 4) is 0 Å². The Morgan fingerprint density at radius 2 is 1.12 bits per heavy atom. The van der Waals surface area contributed by atoms with Crippen LogP contribution >= 0.6 is 34.3 Å². The summed E-state index contributed by atoms with van der Waals surface area (Å²) in [6.07, 6.45) is 19.4. The Kier molecular flexibility index (Phi) is 15.6. The molecule has 4 aromatic rings. The fourth-order valence-corrected chi connectivity index (χ4v) is 9.91. The van der Waals surface area contributed by atoms with Gasteiger partial charge in [-0.1, -0.05) is 25.4 Å². The third kappa shape index (κ3) is 11.0. The first kappa shape index (κ1) is 40.7. The summed E-state index contributed by atoms with van der Waals surface area (Å²) in [7, 11) is 0. The second kappa shape index (κ2) is 19.1. The number of halogens is 2. The van der Waals surface area contributed by atoms with Crippen LogP contribution < -0.4 is 22.5 Å². The molecule has 2 saturated carbocycles. The number of nitrogens with zero attached hydrogens (tertiary/aromatic N) is 4. The van der Waals surface area contributed by atoms with Crippen LogP contribution in [0.15, 0.2) is 12.7 Å². The molecule has 0 saturated heterocycles. The molecule has 0 spiro atoms. The molecule has 2 atom stereocenters. The standard InChI is InChI=1S/C17H24N4S.C11H11ClN2S.C6H14N2.C3H8O.FH/c1-10-2-7-14-13(8-10)15-16(19-9-20-17(15)22-14)21-12-5-3-11(18)4-6-12;1-6-2-3-8-7(4-6)9-10(12)13-5-14-11(9)15-8;7-5-1-2-6(8)4-3-5;1-3(2)4;/h9-12H,2-8,18H2,1H3,(H,19,20,21);5-6H,2-4H2,1H3;5-6H,1-4,7-8H2;3-4H,1-2H3;1H. The van der Waals surface area contributed by atoms with Crippen LogP contribution in [0.1, 0.15) is 113 Å². The minimum atomic E-state index is -0.167. The zero-order valence-corrected chi connectivity index (χ0v) is 32.6. The zero-order chi connectivity index (χ0) is 35.1. The summed E-state index contributed by atoms with van der Waals surface area (Å²) in [5.41, 5.74) is 20.2. The van der Waals surface area contributed by atoms with Gasteiger partial charge in [-0.15, -0.1) is 22.7 Å². The Balaban J connectivity index is 0.000000173. The van der Waals surface area contributed by atoms with Gasteiger partial charge >= 0.3 is 0 Å². The summed E-state index contributed by atoms with van der Waals surface area (Å²) < 4.78 is 0. The molecule has 4 aliphatic rings. The van der Waals surface area contributed by atoms with Crippen LogP contribution in [0, 0.1) is 11.8 Å². The van der Waals surface area contributed by atoms with Crippen molar-refractivity contribution < 1.29 is 9.81 Å². The highest BCUT2D eigenvalue weighted by Gasteiger charge is 2.26. The van der Waals surface area contributed by atoms with E-state index in [0.717, 1.165) is 90.5 Å². The van der Waals surface area contributed by atoms with Gasteiger partial charge in [0.25, 0.3) is 0 Å². The average Bonchev–Trinajstić information content (AvgIpc) is 3.63. The molecule has 8 N–H and O–H groups in total. The van der Waals surface area contributed by atoms with E-state index in [1.165, 1.54) is 58.4 Å². The molecule has 2 unspecified atom stereocenters. The topological polar surface area (TPSA) is 162 Å². The first-order chi connectivity index (χ1) is 23.5.